The number of esters is 1. The maximum atomic E-state index is 11.8. The molecule has 0 saturated carbocycles. The molecule has 0 unspecified atom stereocenters. The molecule has 1 heterocycles. The molecule has 0 aliphatic heterocycles. The predicted octanol–water partition coefficient (Wildman–Crippen LogP) is 1.84. The lowest BCUT2D eigenvalue weighted by atomic mass is 10.1. The molecular formula is C19H21N3O4. The van der Waals surface area contributed by atoms with Crippen molar-refractivity contribution in [2.24, 2.45) is 0 Å². The number of aliphatic hydroxyl groups excluding tert-OH is 1. The van der Waals surface area contributed by atoms with Crippen LogP contribution in [0.5, 0.6) is 0 Å². The molecular weight excluding hydrogens is 334 g/mol. The minimum Gasteiger partial charge on any atom is -0.503 e. The summed E-state index contributed by atoms with van der Waals surface area (Å²) in [6.07, 6.45) is 4.15. The molecule has 7 nitrogen and oxygen atoms in total. The van der Waals surface area contributed by atoms with Crippen molar-refractivity contribution >= 4 is 18.0 Å². The van der Waals surface area contributed by atoms with Crippen LogP contribution in [0.2, 0.25) is 0 Å². The summed E-state index contributed by atoms with van der Waals surface area (Å²) in [7, 11) is 0. The number of aromatic nitrogens is 2. The molecule has 0 aliphatic rings. The van der Waals surface area contributed by atoms with Crippen molar-refractivity contribution in [2.75, 3.05) is 13.2 Å². The van der Waals surface area contributed by atoms with Crippen molar-refractivity contribution in [2.45, 2.75) is 19.8 Å². The van der Waals surface area contributed by atoms with E-state index in [2.05, 4.69) is 15.3 Å². The van der Waals surface area contributed by atoms with Crippen LogP contribution in [-0.2, 0) is 27.2 Å². The number of nitrogens with one attached hydrogen (secondary N) is 1. The number of benzene rings is 1. The maximum absolute atomic E-state index is 11.8. The lowest BCUT2D eigenvalue weighted by Gasteiger charge is -2.05. The van der Waals surface area contributed by atoms with Gasteiger partial charge in [-0.3, -0.25) is 9.59 Å². The molecule has 0 saturated heterocycles. The molecule has 0 aliphatic carbocycles. The monoisotopic (exact) mass is 355 g/mol. The number of carbonyl (C=O) groups excluding carboxylic acids is 2. The zero-order valence-electron chi connectivity index (χ0n) is 14.5. The van der Waals surface area contributed by atoms with Crippen LogP contribution in [0, 0.1) is 0 Å². The SMILES string of the molecule is CCOC(=O)CNC(=O)/C(O)=C/c1cc(CCc2ccccc2)ncn1. The molecule has 0 spiro atoms. The van der Waals surface area contributed by atoms with Crippen LogP contribution < -0.4 is 5.32 Å². The quantitative estimate of drug-likeness (QED) is 0.426. The summed E-state index contributed by atoms with van der Waals surface area (Å²) < 4.78 is 4.69. The van der Waals surface area contributed by atoms with Gasteiger partial charge in [0, 0.05) is 11.8 Å². The van der Waals surface area contributed by atoms with E-state index >= 15 is 0 Å². The highest BCUT2D eigenvalue weighted by atomic mass is 16.5. The van der Waals surface area contributed by atoms with Gasteiger partial charge in [-0.25, -0.2) is 9.97 Å². The average molecular weight is 355 g/mol. The van der Waals surface area contributed by atoms with Crippen molar-refractivity contribution in [3.8, 4) is 0 Å². The van der Waals surface area contributed by atoms with Gasteiger partial charge in [0.25, 0.3) is 5.91 Å². The number of hydrogen-bond acceptors (Lipinski definition) is 6. The molecule has 0 atom stereocenters. The van der Waals surface area contributed by atoms with Gasteiger partial charge in [0.05, 0.1) is 12.3 Å². The Kier molecular flexibility index (Phi) is 7.30. The second kappa shape index (κ2) is 9.93. The third kappa shape index (κ3) is 6.35. The van der Waals surface area contributed by atoms with E-state index in [-0.39, 0.29) is 13.2 Å². The molecule has 0 bridgehead atoms. The van der Waals surface area contributed by atoms with Gasteiger partial charge in [0.2, 0.25) is 0 Å². The third-order valence-electron chi connectivity index (χ3n) is 3.47. The van der Waals surface area contributed by atoms with E-state index in [1.54, 1.807) is 13.0 Å². The summed E-state index contributed by atoms with van der Waals surface area (Å²) in [4.78, 5) is 31.2. The number of nitrogens with zero attached hydrogens (tertiary/aromatic N) is 2. The van der Waals surface area contributed by atoms with Crippen LogP contribution in [0.1, 0.15) is 23.9 Å². The lowest BCUT2D eigenvalue weighted by Crippen LogP contribution is -2.31. The number of aliphatic hydroxyl groups is 1. The summed E-state index contributed by atoms with van der Waals surface area (Å²) in [6.45, 7) is 1.58. The zero-order valence-corrected chi connectivity index (χ0v) is 14.5. The number of hydrogen-bond donors (Lipinski definition) is 2. The molecule has 136 valence electrons. The van der Waals surface area contributed by atoms with E-state index in [0.29, 0.717) is 12.1 Å². The first kappa shape index (κ1) is 19.1. The Bertz CT molecular complexity index is 775. The molecule has 1 amide bonds. The van der Waals surface area contributed by atoms with E-state index < -0.39 is 17.6 Å². The largest absolute Gasteiger partial charge is 0.503 e. The van der Waals surface area contributed by atoms with Crippen LogP contribution in [0.25, 0.3) is 6.08 Å². The van der Waals surface area contributed by atoms with Gasteiger partial charge in [-0.15, -0.1) is 0 Å². The number of aryl methyl sites for hydroxylation is 2. The normalized spacial score (nSPS) is 11.0. The average Bonchev–Trinajstić information content (AvgIpc) is 2.66. The fourth-order valence-corrected chi connectivity index (χ4v) is 2.21. The van der Waals surface area contributed by atoms with E-state index in [4.69, 9.17) is 4.74 Å². The Morgan fingerprint density at radius 2 is 1.96 bits per heavy atom. The summed E-state index contributed by atoms with van der Waals surface area (Å²) in [5.74, 6) is -1.89. The van der Waals surface area contributed by atoms with E-state index in [1.165, 1.54) is 18.0 Å². The lowest BCUT2D eigenvalue weighted by molar-refractivity contribution is -0.143. The molecule has 0 fully saturated rings. The number of ether oxygens (including phenoxy) is 1. The van der Waals surface area contributed by atoms with Crippen LogP contribution in [-0.4, -0.2) is 40.1 Å². The van der Waals surface area contributed by atoms with E-state index in [1.807, 2.05) is 30.3 Å². The smallest absolute Gasteiger partial charge is 0.325 e. The van der Waals surface area contributed by atoms with Crippen molar-refractivity contribution in [1.82, 2.24) is 15.3 Å². The molecule has 1 aromatic heterocycles. The van der Waals surface area contributed by atoms with Gasteiger partial charge in [0.1, 0.15) is 12.9 Å². The van der Waals surface area contributed by atoms with Crippen LogP contribution in [0.3, 0.4) is 0 Å². The summed E-state index contributed by atoms with van der Waals surface area (Å²) >= 11 is 0. The Labute approximate surface area is 151 Å². The van der Waals surface area contributed by atoms with Gasteiger partial charge < -0.3 is 15.2 Å². The molecule has 2 rings (SSSR count). The summed E-state index contributed by atoms with van der Waals surface area (Å²) in [6, 6.07) is 11.7. The van der Waals surface area contributed by atoms with Crippen LogP contribution in [0.4, 0.5) is 0 Å². The van der Waals surface area contributed by atoms with Gasteiger partial charge in [-0.1, -0.05) is 30.3 Å². The number of carbonyl (C=O) groups is 2. The molecule has 2 aromatic rings. The van der Waals surface area contributed by atoms with Crippen molar-refractivity contribution in [1.29, 1.82) is 0 Å². The predicted molar refractivity (Wildman–Crippen MR) is 96.1 cm³/mol. The first-order valence-electron chi connectivity index (χ1n) is 8.27. The second-order valence-corrected chi connectivity index (χ2v) is 5.44. The second-order valence-electron chi connectivity index (χ2n) is 5.44. The fraction of sp³-hybridized carbons (Fsp3) is 0.263. The standard InChI is InChI=1S/C19H21N3O4/c1-2-26-18(24)12-20-19(25)17(23)11-16-10-15(21-13-22-16)9-8-14-6-4-3-5-7-14/h3-7,10-11,13,23H,2,8-9,12H2,1H3,(H,20,25)/b17-11-. The molecule has 2 N–H and O–H groups in total. The maximum Gasteiger partial charge on any atom is 0.325 e. The highest BCUT2D eigenvalue weighted by Crippen LogP contribution is 2.08. The highest BCUT2D eigenvalue weighted by Gasteiger charge is 2.11. The first-order valence-corrected chi connectivity index (χ1v) is 8.27. The minimum absolute atomic E-state index is 0.225. The number of rotatable bonds is 8. The van der Waals surface area contributed by atoms with E-state index in [9.17, 15) is 14.7 Å². The Balaban J connectivity index is 1.94. The fourth-order valence-electron chi connectivity index (χ4n) is 2.21. The van der Waals surface area contributed by atoms with E-state index in [0.717, 1.165) is 12.1 Å². The Morgan fingerprint density at radius 3 is 2.69 bits per heavy atom. The number of amides is 1. The Hall–Kier alpha value is -3.22. The van der Waals surface area contributed by atoms with Crippen LogP contribution in [0.15, 0.2) is 48.5 Å². The van der Waals surface area contributed by atoms with Crippen LogP contribution >= 0.6 is 0 Å². The van der Waals surface area contributed by atoms with Gasteiger partial charge in [-0.05, 0) is 31.4 Å². The van der Waals surface area contributed by atoms with Gasteiger partial charge in [-0.2, -0.15) is 0 Å². The molecule has 0 radical (unpaired) electrons. The third-order valence-corrected chi connectivity index (χ3v) is 3.47. The molecule has 26 heavy (non-hydrogen) atoms. The molecule has 1 aromatic carbocycles. The topological polar surface area (TPSA) is 101 Å². The van der Waals surface area contributed by atoms with Crippen molar-refractivity contribution in [3.63, 3.8) is 0 Å². The highest BCUT2D eigenvalue weighted by molar-refractivity contribution is 5.96. The molecule has 7 heteroatoms. The summed E-state index contributed by atoms with van der Waals surface area (Å²) in [5, 5.41) is 12.1. The Morgan fingerprint density at radius 1 is 1.19 bits per heavy atom. The van der Waals surface area contributed by atoms with Crippen molar-refractivity contribution in [3.05, 3.63) is 65.4 Å². The first-order chi connectivity index (χ1) is 12.6. The van der Waals surface area contributed by atoms with Gasteiger partial charge in [0.15, 0.2) is 5.76 Å². The minimum atomic E-state index is -0.775. The van der Waals surface area contributed by atoms with Gasteiger partial charge >= 0.3 is 5.97 Å². The van der Waals surface area contributed by atoms with Crippen molar-refractivity contribution < 1.29 is 19.4 Å². The summed E-state index contributed by atoms with van der Waals surface area (Å²) in [5.41, 5.74) is 2.41. The zero-order chi connectivity index (χ0) is 18.8.